The van der Waals surface area contributed by atoms with E-state index in [9.17, 15) is 0 Å². The average Bonchev–Trinajstić information content (AvgIpc) is 2.41. The second kappa shape index (κ2) is 5.81. The third-order valence-corrected chi connectivity index (χ3v) is 3.23. The number of aromatic nitrogens is 1. The largest absolute Gasteiger partial charge is 0.487 e. The molecule has 0 saturated carbocycles. The molecule has 0 saturated heterocycles. The van der Waals surface area contributed by atoms with E-state index in [2.05, 4.69) is 11.1 Å². The Bertz CT molecular complexity index is 669. The molecule has 1 aromatic heterocycles. The van der Waals surface area contributed by atoms with Gasteiger partial charge in [-0.3, -0.25) is 0 Å². The van der Waals surface area contributed by atoms with Crippen LogP contribution in [0.3, 0.4) is 0 Å². The smallest absolute Gasteiger partial charge is 0.132 e. The Morgan fingerprint density at radius 2 is 1.95 bits per heavy atom. The predicted molar refractivity (Wildman–Crippen MR) is 78.6 cm³/mol. The van der Waals surface area contributed by atoms with Gasteiger partial charge in [0.05, 0.1) is 22.3 Å². The lowest BCUT2D eigenvalue weighted by atomic mass is 10.1. The van der Waals surface area contributed by atoms with E-state index in [4.69, 9.17) is 27.3 Å². The fourth-order valence-electron chi connectivity index (χ4n) is 1.99. The Morgan fingerprint density at radius 1 is 1.30 bits per heavy atom. The number of nitrogen functional groups attached to an aromatic ring is 1. The Balaban J connectivity index is 2.23. The maximum atomic E-state index is 8.92. The van der Waals surface area contributed by atoms with Crippen LogP contribution in [0.2, 0.25) is 5.02 Å². The molecule has 2 N–H and O–H groups in total. The minimum Gasteiger partial charge on any atom is -0.487 e. The summed E-state index contributed by atoms with van der Waals surface area (Å²) in [4.78, 5) is 4.15. The van der Waals surface area contributed by atoms with Gasteiger partial charge in [-0.25, -0.2) is 4.98 Å². The maximum absolute atomic E-state index is 8.92. The number of nitrogens with zero attached hydrogens (tertiary/aromatic N) is 2. The lowest BCUT2D eigenvalue weighted by Crippen LogP contribution is -2.04. The summed E-state index contributed by atoms with van der Waals surface area (Å²) in [6.07, 6.45) is 0. The van der Waals surface area contributed by atoms with Crippen molar-refractivity contribution in [2.24, 2.45) is 0 Å². The first-order chi connectivity index (χ1) is 9.51. The monoisotopic (exact) mass is 287 g/mol. The van der Waals surface area contributed by atoms with Crippen LogP contribution in [0.5, 0.6) is 5.75 Å². The predicted octanol–water partition coefficient (Wildman–Crippen LogP) is 3.38. The molecule has 0 aliphatic heterocycles. The lowest BCUT2D eigenvalue weighted by Gasteiger charge is -2.13. The summed E-state index contributed by atoms with van der Waals surface area (Å²) in [5.74, 6) is 1.14. The Labute approximate surface area is 122 Å². The third kappa shape index (κ3) is 3.01. The average molecular weight is 288 g/mol. The van der Waals surface area contributed by atoms with Crippen molar-refractivity contribution in [3.8, 4) is 11.8 Å². The molecule has 0 aliphatic rings. The molecule has 1 aromatic carbocycles. The molecule has 102 valence electrons. The minimum absolute atomic E-state index is 0.234. The van der Waals surface area contributed by atoms with Gasteiger partial charge >= 0.3 is 0 Å². The fourth-order valence-corrected chi connectivity index (χ4v) is 2.15. The van der Waals surface area contributed by atoms with E-state index in [0.717, 1.165) is 16.9 Å². The highest BCUT2D eigenvalue weighted by atomic mass is 35.5. The minimum atomic E-state index is 0.234. The van der Waals surface area contributed by atoms with Gasteiger partial charge in [0.2, 0.25) is 0 Å². The van der Waals surface area contributed by atoms with Crippen molar-refractivity contribution in [1.82, 2.24) is 4.98 Å². The highest BCUT2D eigenvalue weighted by Gasteiger charge is 2.09. The Kier molecular flexibility index (Phi) is 4.11. The molecule has 2 aromatic rings. The van der Waals surface area contributed by atoms with Gasteiger partial charge in [0, 0.05) is 0 Å². The van der Waals surface area contributed by atoms with Crippen LogP contribution in [0.1, 0.15) is 22.4 Å². The van der Waals surface area contributed by atoms with Gasteiger partial charge in [0.1, 0.15) is 18.2 Å². The normalized spacial score (nSPS) is 10.1. The number of hydrogen-bond acceptors (Lipinski definition) is 4. The van der Waals surface area contributed by atoms with E-state index in [1.54, 1.807) is 24.3 Å². The van der Waals surface area contributed by atoms with Crippen LogP contribution >= 0.6 is 11.6 Å². The molecule has 1 heterocycles. The van der Waals surface area contributed by atoms with Gasteiger partial charge in [-0.05, 0) is 49.2 Å². The number of anilines is 1. The summed E-state index contributed by atoms with van der Waals surface area (Å²) in [6.45, 7) is 4.03. The highest BCUT2D eigenvalue weighted by Crippen LogP contribution is 2.26. The van der Waals surface area contributed by atoms with Crippen LogP contribution in [0, 0.1) is 25.2 Å². The van der Waals surface area contributed by atoms with Crippen LogP contribution in [0.25, 0.3) is 0 Å². The molecule has 0 atom stereocenters. The number of aryl methyl sites for hydroxylation is 2. The van der Waals surface area contributed by atoms with Crippen molar-refractivity contribution < 1.29 is 4.74 Å². The van der Waals surface area contributed by atoms with Crippen LogP contribution < -0.4 is 10.5 Å². The summed E-state index contributed by atoms with van der Waals surface area (Å²) < 4.78 is 5.78. The molecule has 0 fully saturated rings. The first-order valence-electron chi connectivity index (χ1n) is 6.06. The summed E-state index contributed by atoms with van der Waals surface area (Å²) in [7, 11) is 0. The summed E-state index contributed by atoms with van der Waals surface area (Å²) in [5.41, 5.74) is 8.65. The molecule has 0 bridgehead atoms. The standard InChI is InChI=1S/C15H14ClN3O/c1-9-5-11(7-17)6-10(2)15(9)20-8-13-12(16)3-4-14(18)19-13/h3-6H,8H2,1-2H3,(H2,18,19). The molecule has 0 amide bonds. The second-order valence-corrected chi connectivity index (χ2v) is 4.91. The second-order valence-electron chi connectivity index (χ2n) is 4.50. The number of halogens is 1. The maximum Gasteiger partial charge on any atom is 0.132 e. The van der Waals surface area contributed by atoms with Crippen LogP contribution in [0.15, 0.2) is 24.3 Å². The van der Waals surface area contributed by atoms with E-state index >= 15 is 0 Å². The third-order valence-electron chi connectivity index (χ3n) is 2.88. The van der Waals surface area contributed by atoms with Crippen molar-refractivity contribution in [3.63, 3.8) is 0 Å². The molecule has 4 nitrogen and oxygen atoms in total. The van der Waals surface area contributed by atoms with Crippen molar-refractivity contribution in [2.45, 2.75) is 20.5 Å². The Hall–Kier alpha value is -2.25. The zero-order valence-electron chi connectivity index (χ0n) is 11.3. The van der Waals surface area contributed by atoms with Crippen LogP contribution in [-0.4, -0.2) is 4.98 Å². The van der Waals surface area contributed by atoms with Crippen molar-refractivity contribution in [1.29, 1.82) is 5.26 Å². The first kappa shape index (κ1) is 14.2. The molecule has 0 radical (unpaired) electrons. The van der Waals surface area contributed by atoms with Crippen molar-refractivity contribution in [2.75, 3.05) is 5.73 Å². The first-order valence-corrected chi connectivity index (χ1v) is 6.44. The Morgan fingerprint density at radius 3 is 2.55 bits per heavy atom. The van der Waals surface area contributed by atoms with E-state index in [1.807, 2.05) is 13.8 Å². The molecule has 2 rings (SSSR count). The molecule has 0 spiro atoms. The zero-order chi connectivity index (χ0) is 14.7. The van der Waals surface area contributed by atoms with Crippen LogP contribution in [-0.2, 0) is 6.61 Å². The van der Waals surface area contributed by atoms with Gasteiger partial charge in [-0.2, -0.15) is 5.26 Å². The molecule has 0 aliphatic carbocycles. The summed E-state index contributed by atoms with van der Waals surface area (Å²) in [6, 6.07) is 9.04. The number of hydrogen-bond donors (Lipinski definition) is 1. The lowest BCUT2D eigenvalue weighted by molar-refractivity contribution is 0.297. The van der Waals surface area contributed by atoms with Gasteiger partial charge in [0.15, 0.2) is 0 Å². The van der Waals surface area contributed by atoms with Gasteiger partial charge in [-0.15, -0.1) is 0 Å². The van der Waals surface area contributed by atoms with E-state index in [0.29, 0.717) is 22.1 Å². The number of benzene rings is 1. The highest BCUT2D eigenvalue weighted by molar-refractivity contribution is 6.31. The van der Waals surface area contributed by atoms with Crippen LogP contribution in [0.4, 0.5) is 5.82 Å². The molecular formula is C15H14ClN3O. The van der Waals surface area contributed by atoms with E-state index < -0.39 is 0 Å². The number of nitrogens with two attached hydrogens (primary N) is 1. The fraction of sp³-hybridized carbons (Fsp3) is 0.200. The molecule has 0 unspecified atom stereocenters. The van der Waals surface area contributed by atoms with E-state index in [-0.39, 0.29) is 6.61 Å². The molecule has 5 heteroatoms. The van der Waals surface area contributed by atoms with E-state index in [1.165, 1.54) is 0 Å². The number of rotatable bonds is 3. The number of pyridine rings is 1. The molecule has 20 heavy (non-hydrogen) atoms. The quantitative estimate of drug-likeness (QED) is 0.939. The SMILES string of the molecule is Cc1cc(C#N)cc(C)c1OCc1nc(N)ccc1Cl. The number of nitriles is 1. The van der Waals surface area contributed by atoms with Gasteiger partial charge in [0.25, 0.3) is 0 Å². The van der Waals surface area contributed by atoms with Crippen molar-refractivity contribution >= 4 is 17.4 Å². The summed E-state index contributed by atoms with van der Waals surface area (Å²) in [5, 5.41) is 9.44. The van der Waals surface area contributed by atoms with Gasteiger partial charge < -0.3 is 10.5 Å². The summed E-state index contributed by atoms with van der Waals surface area (Å²) >= 11 is 6.05. The van der Waals surface area contributed by atoms with Gasteiger partial charge in [-0.1, -0.05) is 11.6 Å². The topological polar surface area (TPSA) is 71.9 Å². The number of ether oxygens (including phenoxy) is 1. The zero-order valence-corrected chi connectivity index (χ0v) is 12.0. The van der Waals surface area contributed by atoms with Crippen molar-refractivity contribution in [3.05, 3.63) is 51.7 Å². The molecular weight excluding hydrogens is 274 g/mol.